The van der Waals surface area contributed by atoms with Gasteiger partial charge < -0.3 is 17.7 Å². The number of ether oxygens (including phenoxy) is 2. The Labute approximate surface area is 269 Å². The van der Waals surface area contributed by atoms with Gasteiger partial charge in [-0.25, -0.2) is 4.79 Å². The summed E-state index contributed by atoms with van der Waals surface area (Å²) in [5, 5.41) is 0.489. The lowest BCUT2D eigenvalue weighted by Crippen LogP contribution is -2.52. The van der Waals surface area contributed by atoms with Crippen molar-refractivity contribution in [2.75, 3.05) is 6.61 Å². The van der Waals surface area contributed by atoms with Crippen molar-refractivity contribution < 1.29 is 22.5 Å². The zero-order chi connectivity index (χ0) is 31.7. The lowest BCUT2D eigenvalue weighted by atomic mass is 9.77. The van der Waals surface area contributed by atoms with E-state index in [-0.39, 0.29) is 0 Å². The molecule has 0 saturated heterocycles. The van der Waals surface area contributed by atoms with Crippen LogP contribution in [0.5, 0.6) is 11.5 Å². The van der Waals surface area contributed by atoms with E-state index in [1.165, 1.54) is 44.1 Å². The Balaban J connectivity index is 1.42. The lowest BCUT2D eigenvalue weighted by molar-refractivity contribution is 0.0734. The highest BCUT2D eigenvalue weighted by Gasteiger charge is 2.39. The highest BCUT2D eigenvalue weighted by Crippen LogP contribution is 2.39. The monoisotopic (exact) mass is 662 g/mol. The van der Waals surface area contributed by atoms with Crippen LogP contribution in [-0.2, 0) is 8.23 Å². The first-order chi connectivity index (χ1) is 20.2. The molecule has 5 nitrogen and oxygen atoms in total. The van der Waals surface area contributed by atoms with Crippen molar-refractivity contribution >= 4 is 42.8 Å². The maximum absolute atomic E-state index is 12.8. The number of esters is 1. The van der Waals surface area contributed by atoms with Crippen LogP contribution < -0.4 is 9.47 Å². The van der Waals surface area contributed by atoms with Crippen molar-refractivity contribution in [3.63, 3.8) is 0 Å². The zero-order valence-corrected chi connectivity index (χ0v) is 31.6. The fraction of sp³-hybridized carbons (Fsp3) is 0.618. The van der Waals surface area contributed by atoms with Gasteiger partial charge >= 0.3 is 14.5 Å². The Morgan fingerprint density at radius 2 is 1.47 bits per heavy atom. The fourth-order valence-corrected chi connectivity index (χ4v) is 19.1. The molecule has 3 rings (SSSR count). The summed E-state index contributed by atoms with van der Waals surface area (Å²) in [5.74, 6) is 2.13. The molecule has 1 fully saturated rings. The predicted octanol–water partition coefficient (Wildman–Crippen LogP) is 11.0. The van der Waals surface area contributed by atoms with Crippen molar-refractivity contribution in [2.45, 2.75) is 123 Å². The van der Waals surface area contributed by atoms with Crippen molar-refractivity contribution in [3.05, 3.63) is 58.6 Å². The third kappa shape index (κ3) is 12.8. The Morgan fingerprint density at radius 1 is 0.837 bits per heavy atom. The second kappa shape index (κ2) is 16.2. The average molecular weight is 664 g/mol. The van der Waals surface area contributed by atoms with Crippen LogP contribution in [0.4, 0.5) is 0 Å². The number of hydrogen-bond acceptors (Lipinski definition) is 5. The minimum Gasteiger partial charge on any atom is -0.494 e. The van der Waals surface area contributed by atoms with Crippen molar-refractivity contribution in [1.82, 2.24) is 0 Å². The molecule has 0 aliphatic heterocycles. The first-order valence-electron chi connectivity index (χ1n) is 16.3. The van der Waals surface area contributed by atoms with Gasteiger partial charge in [-0.05, 0) is 138 Å². The summed E-state index contributed by atoms with van der Waals surface area (Å²) in [6.07, 6.45) is 10.7. The molecule has 1 aliphatic rings. The number of unbranched alkanes of at least 4 members (excludes halogenated alkanes) is 2. The highest BCUT2D eigenvalue weighted by atomic mass is 35.5. The van der Waals surface area contributed by atoms with E-state index in [4.69, 9.17) is 29.3 Å². The van der Waals surface area contributed by atoms with Gasteiger partial charge in [0.2, 0.25) is 0 Å². The SMILES string of the molecule is CCCC1CCC(c2ccc(OC(=O)c3ccc(OCCCCC[Si](C)(O[Si](C)(C)C)O[Si](C)(C)C)cc3)c(Cl)c2)CC1. The number of rotatable bonds is 16. The van der Waals surface area contributed by atoms with E-state index < -0.39 is 31.2 Å². The fourth-order valence-electron chi connectivity index (χ4n) is 6.23. The summed E-state index contributed by atoms with van der Waals surface area (Å²) in [4.78, 5) is 12.8. The molecule has 0 amide bonds. The van der Waals surface area contributed by atoms with Crippen LogP contribution in [-0.4, -0.2) is 37.8 Å². The highest BCUT2D eigenvalue weighted by molar-refractivity contribution is 6.87. The Morgan fingerprint density at radius 3 is 2.02 bits per heavy atom. The summed E-state index contributed by atoms with van der Waals surface area (Å²) < 4.78 is 24.8. The van der Waals surface area contributed by atoms with Crippen LogP contribution in [0.1, 0.15) is 86.6 Å². The molecule has 0 heterocycles. The summed E-state index contributed by atoms with van der Waals surface area (Å²) in [5.41, 5.74) is 1.72. The number of hydrogen-bond donors (Lipinski definition) is 0. The van der Waals surface area contributed by atoms with Crippen LogP contribution in [0.3, 0.4) is 0 Å². The summed E-state index contributed by atoms with van der Waals surface area (Å²) in [6.45, 7) is 18.6. The van der Waals surface area contributed by atoms with E-state index in [0.29, 0.717) is 28.9 Å². The van der Waals surface area contributed by atoms with Gasteiger partial charge in [-0.3, -0.25) is 0 Å². The second-order valence-electron chi connectivity index (χ2n) is 14.3. The number of carbonyl (C=O) groups excluding carboxylic acids is 1. The van der Waals surface area contributed by atoms with Gasteiger partial charge in [-0.2, -0.15) is 0 Å². The van der Waals surface area contributed by atoms with E-state index in [0.717, 1.165) is 37.0 Å². The van der Waals surface area contributed by atoms with E-state index in [2.05, 4.69) is 58.8 Å². The van der Waals surface area contributed by atoms with Gasteiger partial charge in [0.25, 0.3) is 0 Å². The molecule has 9 heteroatoms. The van der Waals surface area contributed by atoms with Gasteiger partial charge in [-0.15, -0.1) is 0 Å². The third-order valence-electron chi connectivity index (χ3n) is 7.85. The Hall–Kier alpha value is -1.43. The number of halogens is 1. The van der Waals surface area contributed by atoms with Crippen molar-refractivity contribution in [2.24, 2.45) is 5.92 Å². The first-order valence-corrected chi connectivity index (χ1v) is 26.0. The van der Waals surface area contributed by atoms with Gasteiger partial charge in [0.1, 0.15) is 11.5 Å². The molecular weight excluding hydrogens is 608 g/mol. The molecule has 0 aromatic heterocycles. The molecule has 2 aromatic rings. The van der Waals surface area contributed by atoms with E-state index in [1.54, 1.807) is 12.1 Å². The maximum Gasteiger partial charge on any atom is 0.343 e. The number of carbonyl (C=O) groups is 1. The topological polar surface area (TPSA) is 54.0 Å². The molecule has 0 spiro atoms. The summed E-state index contributed by atoms with van der Waals surface area (Å²) in [7, 11) is -5.52. The van der Waals surface area contributed by atoms with Crippen LogP contribution in [0.15, 0.2) is 42.5 Å². The first kappa shape index (κ1) is 36.0. The molecule has 0 radical (unpaired) electrons. The van der Waals surface area contributed by atoms with Crippen LogP contribution in [0, 0.1) is 5.92 Å². The molecule has 1 saturated carbocycles. The van der Waals surface area contributed by atoms with Crippen LogP contribution in [0.2, 0.25) is 56.9 Å². The summed E-state index contributed by atoms with van der Waals surface area (Å²) >= 11 is 6.55. The van der Waals surface area contributed by atoms with Gasteiger partial charge in [0, 0.05) is 0 Å². The van der Waals surface area contributed by atoms with E-state index in [1.807, 2.05) is 24.3 Å². The molecular formula is C34H55ClO5Si3. The second-order valence-corrected chi connectivity index (χ2v) is 27.6. The van der Waals surface area contributed by atoms with Crippen molar-refractivity contribution in [1.29, 1.82) is 0 Å². The van der Waals surface area contributed by atoms with Crippen LogP contribution in [0.25, 0.3) is 0 Å². The average Bonchev–Trinajstić information content (AvgIpc) is 2.90. The largest absolute Gasteiger partial charge is 0.494 e. The third-order valence-corrected chi connectivity index (χ3v) is 17.8. The molecule has 240 valence electrons. The summed E-state index contributed by atoms with van der Waals surface area (Å²) in [6, 6.07) is 14.0. The van der Waals surface area contributed by atoms with E-state index in [9.17, 15) is 4.79 Å². The zero-order valence-electron chi connectivity index (χ0n) is 27.9. The smallest absolute Gasteiger partial charge is 0.343 e. The molecule has 0 N–H and O–H groups in total. The molecule has 0 bridgehead atoms. The van der Waals surface area contributed by atoms with Gasteiger partial charge in [0.15, 0.2) is 16.6 Å². The predicted molar refractivity (Wildman–Crippen MR) is 187 cm³/mol. The molecule has 43 heavy (non-hydrogen) atoms. The Kier molecular flexibility index (Phi) is 13.6. The maximum atomic E-state index is 12.8. The minimum atomic E-state index is -2.18. The quantitative estimate of drug-likeness (QED) is 0.0774. The molecule has 2 aromatic carbocycles. The van der Waals surface area contributed by atoms with Crippen LogP contribution >= 0.6 is 11.6 Å². The van der Waals surface area contributed by atoms with E-state index >= 15 is 0 Å². The lowest BCUT2D eigenvalue weighted by Gasteiger charge is -2.38. The van der Waals surface area contributed by atoms with Crippen molar-refractivity contribution in [3.8, 4) is 11.5 Å². The van der Waals surface area contributed by atoms with Gasteiger partial charge in [-0.1, -0.05) is 50.3 Å². The molecule has 0 unspecified atom stereocenters. The standard InChI is InChI=1S/C34H55ClO5Si3/c1-9-13-27-14-16-28(17-15-27)30-20-23-33(32(35)26-30)38-34(36)29-18-21-31(22-19-29)37-24-11-10-12-25-43(8,39-41(2,3)4)40-42(5,6)7/h18-23,26-28H,9-17,24-25H2,1-8H3. The molecule has 1 aliphatic carbocycles. The minimum absolute atomic E-state index is 0.403. The van der Waals surface area contributed by atoms with Gasteiger partial charge in [0.05, 0.1) is 17.2 Å². The number of benzene rings is 2. The Bertz CT molecular complexity index is 1140. The normalized spacial score (nSPS) is 18.0. The molecule has 0 atom stereocenters.